The van der Waals surface area contributed by atoms with Crippen LogP contribution in [0.4, 0.5) is 5.69 Å². The molecule has 3 rings (SSSR count). The number of esters is 1. The Morgan fingerprint density at radius 1 is 0.920 bits per heavy atom. The minimum absolute atomic E-state index is 0.249. The van der Waals surface area contributed by atoms with E-state index in [1.165, 1.54) is 11.3 Å². The zero-order valence-corrected chi connectivity index (χ0v) is 14.2. The third kappa shape index (κ3) is 4.24. The molecule has 1 N–H and O–H groups in total. The van der Waals surface area contributed by atoms with Crippen LogP contribution in [-0.2, 0) is 0 Å². The van der Waals surface area contributed by atoms with E-state index in [-0.39, 0.29) is 5.91 Å². The Labute approximate surface area is 148 Å². The molecule has 1 amide bonds. The molecule has 0 radical (unpaired) electrons. The molecule has 0 fully saturated rings. The molecule has 0 saturated carbocycles. The minimum atomic E-state index is -0.412. The van der Waals surface area contributed by atoms with Crippen molar-refractivity contribution < 1.29 is 19.1 Å². The van der Waals surface area contributed by atoms with Gasteiger partial charge in [-0.2, -0.15) is 0 Å². The lowest BCUT2D eigenvalue weighted by atomic mass is 10.2. The molecule has 0 saturated heterocycles. The Kier molecular flexibility index (Phi) is 5.11. The molecule has 0 spiro atoms. The van der Waals surface area contributed by atoms with Crippen molar-refractivity contribution >= 4 is 28.9 Å². The number of ether oxygens (including phenoxy) is 2. The van der Waals surface area contributed by atoms with Gasteiger partial charge in [-0.05, 0) is 60.0 Å². The van der Waals surface area contributed by atoms with Crippen molar-refractivity contribution in [2.45, 2.75) is 0 Å². The van der Waals surface area contributed by atoms with Crippen molar-refractivity contribution in [3.05, 3.63) is 76.5 Å². The van der Waals surface area contributed by atoms with Crippen molar-refractivity contribution in [2.75, 3.05) is 12.4 Å². The second-order valence-corrected chi connectivity index (χ2v) is 6.02. The fraction of sp³-hybridized carbons (Fsp3) is 0.0526. The van der Waals surface area contributed by atoms with Crippen LogP contribution in [0.3, 0.4) is 0 Å². The van der Waals surface area contributed by atoms with Gasteiger partial charge in [-0.15, -0.1) is 11.3 Å². The predicted octanol–water partition coefficient (Wildman–Crippen LogP) is 4.23. The monoisotopic (exact) mass is 353 g/mol. The molecule has 0 bridgehead atoms. The molecule has 2 aromatic carbocycles. The van der Waals surface area contributed by atoms with Crippen molar-refractivity contribution in [1.29, 1.82) is 0 Å². The van der Waals surface area contributed by atoms with Gasteiger partial charge >= 0.3 is 5.97 Å². The van der Waals surface area contributed by atoms with Gasteiger partial charge in [0.25, 0.3) is 5.91 Å². The van der Waals surface area contributed by atoms with E-state index in [0.717, 1.165) is 5.75 Å². The van der Waals surface area contributed by atoms with E-state index in [0.29, 0.717) is 21.9 Å². The lowest BCUT2D eigenvalue weighted by Gasteiger charge is -2.07. The van der Waals surface area contributed by atoms with Crippen LogP contribution in [0.15, 0.2) is 66.0 Å². The van der Waals surface area contributed by atoms with Crippen molar-refractivity contribution in [1.82, 2.24) is 0 Å². The van der Waals surface area contributed by atoms with Crippen LogP contribution in [0.25, 0.3) is 0 Å². The van der Waals surface area contributed by atoms with Gasteiger partial charge in [0.05, 0.1) is 7.11 Å². The SMILES string of the molecule is COc1ccc(NC(=O)c2ccc(OC(=O)c3cccs3)cc2)cc1. The summed E-state index contributed by atoms with van der Waals surface area (Å²) in [4.78, 5) is 24.7. The highest BCUT2D eigenvalue weighted by atomic mass is 32.1. The van der Waals surface area contributed by atoms with E-state index in [1.54, 1.807) is 67.8 Å². The van der Waals surface area contributed by atoms with Gasteiger partial charge in [0, 0.05) is 11.3 Å². The Balaban J connectivity index is 1.62. The van der Waals surface area contributed by atoms with Crippen molar-refractivity contribution in [3.63, 3.8) is 0 Å². The second-order valence-electron chi connectivity index (χ2n) is 5.07. The Bertz CT molecular complexity index is 855. The van der Waals surface area contributed by atoms with Gasteiger partial charge in [0.15, 0.2) is 0 Å². The fourth-order valence-electron chi connectivity index (χ4n) is 2.10. The van der Waals surface area contributed by atoms with Gasteiger partial charge in [-0.3, -0.25) is 4.79 Å². The van der Waals surface area contributed by atoms with Crippen LogP contribution in [0.1, 0.15) is 20.0 Å². The van der Waals surface area contributed by atoms with Crippen LogP contribution in [-0.4, -0.2) is 19.0 Å². The van der Waals surface area contributed by atoms with Crippen LogP contribution in [0.2, 0.25) is 0 Å². The maximum Gasteiger partial charge on any atom is 0.353 e. The number of hydrogen-bond donors (Lipinski definition) is 1. The quantitative estimate of drug-likeness (QED) is 0.551. The van der Waals surface area contributed by atoms with E-state index in [9.17, 15) is 9.59 Å². The lowest BCUT2D eigenvalue weighted by molar-refractivity contribution is 0.0740. The van der Waals surface area contributed by atoms with Gasteiger partial charge in [-0.25, -0.2) is 4.79 Å². The number of thiophene rings is 1. The summed E-state index contributed by atoms with van der Waals surface area (Å²) in [5.74, 6) is 0.445. The van der Waals surface area contributed by atoms with E-state index in [4.69, 9.17) is 9.47 Å². The molecule has 6 heteroatoms. The number of hydrogen-bond acceptors (Lipinski definition) is 5. The number of carbonyl (C=O) groups is 2. The molecule has 0 aliphatic carbocycles. The zero-order chi connectivity index (χ0) is 17.6. The topological polar surface area (TPSA) is 64.6 Å². The maximum atomic E-state index is 12.2. The summed E-state index contributed by atoms with van der Waals surface area (Å²) in [6.45, 7) is 0. The number of nitrogens with one attached hydrogen (secondary N) is 1. The summed E-state index contributed by atoms with van der Waals surface area (Å²) in [6.07, 6.45) is 0. The average molecular weight is 353 g/mol. The van der Waals surface area contributed by atoms with Gasteiger partial charge in [0.1, 0.15) is 16.4 Å². The smallest absolute Gasteiger partial charge is 0.353 e. The largest absolute Gasteiger partial charge is 0.497 e. The average Bonchev–Trinajstić information content (AvgIpc) is 3.18. The molecule has 1 aromatic heterocycles. The molecule has 0 unspecified atom stereocenters. The van der Waals surface area contributed by atoms with Crippen LogP contribution >= 0.6 is 11.3 Å². The summed E-state index contributed by atoms with van der Waals surface area (Å²) in [5.41, 5.74) is 1.13. The normalized spacial score (nSPS) is 10.1. The van der Waals surface area contributed by atoms with E-state index in [2.05, 4.69) is 5.32 Å². The van der Waals surface area contributed by atoms with Crippen molar-refractivity contribution in [3.8, 4) is 11.5 Å². The summed E-state index contributed by atoms with van der Waals surface area (Å²) < 4.78 is 10.3. The Morgan fingerprint density at radius 2 is 1.60 bits per heavy atom. The van der Waals surface area contributed by atoms with E-state index >= 15 is 0 Å². The summed E-state index contributed by atoms with van der Waals surface area (Å²) in [7, 11) is 1.58. The molecule has 5 nitrogen and oxygen atoms in total. The highest BCUT2D eigenvalue weighted by Gasteiger charge is 2.11. The number of amides is 1. The maximum absolute atomic E-state index is 12.2. The molecule has 3 aromatic rings. The highest BCUT2D eigenvalue weighted by Crippen LogP contribution is 2.19. The number of anilines is 1. The van der Waals surface area contributed by atoms with Crippen molar-refractivity contribution in [2.24, 2.45) is 0 Å². The molecular weight excluding hydrogens is 338 g/mol. The van der Waals surface area contributed by atoms with Gasteiger partial charge in [-0.1, -0.05) is 6.07 Å². The van der Waals surface area contributed by atoms with Crippen LogP contribution in [0, 0.1) is 0 Å². The van der Waals surface area contributed by atoms with Gasteiger partial charge in [0.2, 0.25) is 0 Å². The summed E-state index contributed by atoms with van der Waals surface area (Å²) in [6, 6.07) is 16.9. The lowest BCUT2D eigenvalue weighted by Crippen LogP contribution is -2.12. The third-order valence-corrected chi connectivity index (χ3v) is 4.25. The standard InChI is InChI=1S/C19H15NO4S/c1-23-15-10-6-14(7-11-15)20-18(21)13-4-8-16(9-5-13)24-19(22)17-3-2-12-25-17/h2-12H,1H3,(H,20,21). The highest BCUT2D eigenvalue weighted by molar-refractivity contribution is 7.12. The molecule has 1 heterocycles. The Morgan fingerprint density at radius 3 is 2.20 bits per heavy atom. The predicted molar refractivity (Wildman–Crippen MR) is 96.7 cm³/mol. The first-order valence-corrected chi connectivity index (χ1v) is 8.35. The molecule has 25 heavy (non-hydrogen) atoms. The number of rotatable bonds is 5. The Hall–Kier alpha value is -3.12. The third-order valence-electron chi connectivity index (χ3n) is 3.40. The molecule has 0 atom stereocenters. The second kappa shape index (κ2) is 7.63. The molecular formula is C19H15NO4S. The number of methoxy groups -OCH3 is 1. The molecule has 0 aliphatic rings. The fourth-order valence-corrected chi connectivity index (χ4v) is 2.70. The molecule has 126 valence electrons. The summed E-state index contributed by atoms with van der Waals surface area (Å²) >= 11 is 1.31. The molecule has 0 aliphatic heterocycles. The first-order chi connectivity index (χ1) is 12.2. The van der Waals surface area contributed by atoms with E-state index < -0.39 is 5.97 Å². The number of carbonyl (C=O) groups excluding carboxylic acids is 2. The van der Waals surface area contributed by atoms with E-state index in [1.807, 2.05) is 5.38 Å². The zero-order valence-electron chi connectivity index (χ0n) is 13.4. The first-order valence-electron chi connectivity index (χ1n) is 7.47. The number of benzene rings is 2. The van der Waals surface area contributed by atoms with Crippen LogP contribution in [0.5, 0.6) is 11.5 Å². The minimum Gasteiger partial charge on any atom is -0.497 e. The summed E-state index contributed by atoms with van der Waals surface area (Å²) in [5, 5.41) is 4.60. The van der Waals surface area contributed by atoms with Gasteiger partial charge < -0.3 is 14.8 Å². The first kappa shape index (κ1) is 16.7. The van der Waals surface area contributed by atoms with Crippen LogP contribution < -0.4 is 14.8 Å².